The molecule has 1 saturated heterocycles. The third-order valence-corrected chi connectivity index (χ3v) is 4.13. The Morgan fingerprint density at radius 2 is 2.15 bits per heavy atom. The summed E-state index contributed by atoms with van der Waals surface area (Å²) >= 11 is 5.92. The van der Waals surface area contributed by atoms with Crippen LogP contribution in [0, 0.1) is 5.82 Å². The number of hydrogen-bond donors (Lipinski definition) is 1. The lowest BCUT2D eigenvalue weighted by Crippen LogP contribution is -2.54. The molecule has 5 heteroatoms. The van der Waals surface area contributed by atoms with Crippen LogP contribution in [0.5, 0.6) is 0 Å². The first-order valence-corrected chi connectivity index (χ1v) is 7.36. The standard InChI is InChI=1S/C15H21ClFNO2/c1-2-20-15(5-7-19-8-6-15)14(18)10-11-9-12(16)3-4-13(11)17/h3-4,9,14H,2,5-8,10,18H2,1H3. The SMILES string of the molecule is CCOC1(C(N)Cc2cc(Cl)ccc2F)CCOCC1. The van der Waals surface area contributed by atoms with Crippen LogP contribution in [-0.4, -0.2) is 31.5 Å². The van der Waals surface area contributed by atoms with Crippen molar-refractivity contribution in [2.75, 3.05) is 19.8 Å². The minimum absolute atomic E-state index is 0.274. The van der Waals surface area contributed by atoms with Crippen LogP contribution in [0.15, 0.2) is 18.2 Å². The van der Waals surface area contributed by atoms with Crippen molar-refractivity contribution in [3.63, 3.8) is 0 Å². The minimum Gasteiger partial charge on any atom is -0.381 e. The molecule has 1 atom stereocenters. The van der Waals surface area contributed by atoms with E-state index in [2.05, 4.69) is 0 Å². The minimum atomic E-state index is -0.429. The molecule has 1 aliphatic heterocycles. The van der Waals surface area contributed by atoms with Gasteiger partial charge in [-0.2, -0.15) is 0 Å². The monoisotopic (exact) mass is 301 g/mol. The van der Waals surface area contributed by atoms with E-state index in [1.807, 2.05) is 6.92 Å². The molecule has 1 aromatic rings. The van der Waals surface area contributed by atoms with Gasteiger partial charge in [-0.1, -0.05) is 11.6 Å². The molecule has 0 aromatic heterocycles. The molecule has 0 bridgehead atoms. The van der Waals surface area contributed by atoms with Crippen molar-refractivity contribution in [3.8, 4) is 0 Å². The Hall–Kier alpha value is -0.680. The van der Waals surface area contributed by atoms with E-state index < -0.39 is 5.60 Å². The van der Waals surface area contributed by atoms with Crippen molar-refractivity contribution in [1.29, 1.82) is 0 Å². The fraction of sp³-hybridized carbons (Fsp3) is 0.600. The van der Waals surface area contributed by atoms with Gasteiger partial charge in [-0.05, 0) is 37.1 Å². The van der Waals surface area contributed by atoms with Crippen molar-refractivity contribution in [2.45, 2.75) is 37.8 Å². The first-order valence-electron chi connectivity index (χ1n) is 6.98. The van der Waals surface area contributed by atoms with Gasteiger partial charge in [-0.25, -0.2) is 4.39 Å². The van der Waals surface area contributed by atoms with Crippen molar-refractivity contribution in [3.05, 3.63) is 34.6 Å². The van der Waals surface area contributed by atoms with Gasteiger partial charge in [-0.3, -0.25) is 0 Å². The van der Waals surface area contributed by atoms with Crippen LogP contribution >= 0.6 is 11.6 Å². The quantitative estimate of drug-likeness (QED) is 0.909. The van der Waals surface area contributed by atoms with E-state index in [0.29, 0.717) is 36.8 Å². The van der Waals surface area contributed by atoms with Crippen molar-refractivity contribution in [2.24, 2.45) is 5.73 Å². The average molecular weight is 302 g/mol. The van der Waals surface area contributed by atoms with E-state index >= 15 is 0 Å². The first-order chi connectivity index (χ1) is 9.57. The molecule has 1 fully saturated rings. The van der Waals surface area contributed by atoms with Crippen LogP contribution in [0.25, 0.3) is 0 Å². The molecule has 0 amide bonds. The van der Waals surface area contributed by atoms with Crippen LogP contribution in [-0.2, 0) is 15.9 Å². The second-order valence-electron chi connectivity index (χ2n) is 5.16. The van der Waals surface area contributed by atoms with Crippen LogP contribution < -0.4 is 5.73 Å². The number of benzene rings is 1. The number of hydrogen-bond acceptors (Lipinski definition) is 3. The summed E-state index contributed by atoms with van der Waals surface area (Å²) in [6.07, 6.45) is 1.89. The summed E-state index contributed by atoms with van der Waals surface area (Å²) in [7, 11) is 0. The van der Waals surface area contributed by atoms with Gasteiger partial charge in [0.15, 0.2) is 0 Å². The van der Waals surface area contributed by atoms with Gasteiger partial charge in [0.25, 0.3) is 0 Å². The van der Waals surface area contributed by atoms with Gasteiger partial charge in [0.2, 0.25) is 0 Å². The Morgan fingerprint density at radius 3 is 2.80 bits per heavy atom. The third kappa shape index (κ3) is 3.50. The summed E-state index contributed by atoms with van der Waals surface area (Å²) in [6, 6.07) is 4.27. The molecule has 2 N–H and O–H groups in total. The Kier molecular flexibility index (Phi) is 5.38. The van der Waals surface area contributed by atoms with Crippen LogP contribution in [0.2, 0.25) is 5.02 Å². The number of ether oxygens (including phenoxy) is 2. The molecular weight excluding hydrogens is 281 g/mol. The Bertz CT molecular complexity index is 444. The van der Waals surface area contributed by atoms with Gasteiger partial charge in [0.05, 0.1) is 5.60 Å². The highest BCUT2D eigenvalue weighted by Gasteiger charge is 2.39. The maximum Gasteiger partial charge on any atom is 0.126 e. The molecular formula is C15H21ClFNO2. The molecule has 20 heavy (non-hydrogen) atoms. The highest BCUT2D eigenvalue weighted by molar-refractivity contribution is 6.30. The highest BCUT2D eigenvalue weighted by Crippen LogP contribution is 2.30. The summed E-state index contributed by atoms with van der Waals surface area (Å²) in [5, 5.41) is 0.519. The molecule has 0 saturated carbocycles. The maximum atomic E-state index is 13.8. The Balaban J connectivity index is 2.15. The molecule has 3 nitrogen and oxygen atoms in total. The van der Waals surface area contributed by atoms with Gasteiger partial charge in [0.1, 0.15) is 5.82 Å². The number of rotatable bonds is 5. The van der Waals surface area contributed by atoms with Crippen LogP contribution in [0.3, 0.4) is 0 Å². The zero-order chi connectivity index (χ0) is 14.6. The van der Waals surface area contributed by atoms with Crippen molar-refractivity contribution >= 4 is 11.6 Å². The normalized spacial score (nSPS) is 19.8. The molecule has 0 aliphatic carbocycles. The van der Waals surface area contributed by atoms with Gasteiger partial charge in [-0.15, -0.1) is 0 Å². The zero-order valence-electron chi connectivity index (χ0n) is 11.7. The van der Waals surface area contributed by atoms with Crippen LogP contribution in [0.4, 0.5) is 4.39 Å². The van der Waals surface area contributed by atoms with E-state index in [4.69, 9.17) is 26.8 Å². The lowest BCUT2D eigenvalue weighted by Gasteiger charge is -2.41. The second kappa shape index (κ2) is 6.85. The molecule has 112 valence electrons. The van der Waals surface area contributed by atoms with Crippen molar-refractivity contribution in [1.82, 2.24) is 0 Å². The smallest absolute Gasteiger partial charge is 0.126 e. The lowest BCUT2D eigenvalue weighted by molar-refractivity contribution is -0.120. The molecule has 0 radical (unpaired) electrons. The molecule has 2 rings (SSSR count). The number of halogens is 2. The largest absolute Gasteiger partial charge is 0.381 e. The molecule has 1 aliphatic rings. The average Bonchev–Trinajstić information content (AvgIpc) is 2.44. The summed E-state index contributed by atoms with van der Waals surface area (Å²) in [6.45, 7) is 3.80. The topological polar surface area (TPSA) is 44.5 Å². The zero-order valence-corrected chi connectivity index (χ0v) is 12.5. The van der Waals surface area contributed by atoms with E-state index in [9.17, 15) is 4.39 Å². The molecule has 1 heterocycles. The Morgan fingerprint density at radius 1 is 1.45 bits per heavy atom. The Labute approximate surface area is 124 Å². The maximum absolute atomic E-state index is 13.8. The summed E-state index contributed by atoms with van der Waals surface area (Å²) in [5.74, 6) is -0.274. The lowest BCUT2D eigenvalue weighted by atomic mass is 9.83. The molecule has 1 unspecified atom stereocenters. The van der Waals surface area contributed by atoms with E-state index in [-0.39, 0.29) is 11.9 Å². The number of nitrogens with two attached hydrogens (primary N) is 1. The fourth-order valence-electron chi connectivity index (χ4n) is 2.75. The van der Waals surface area contributed by atoms with Gasteiger partial charge < -0.3 is 15.2 Å². The fourth-order valence-corrected chi connectivity index (χ4v) is 2.94. The van der Waals surface area contributed by atoms with E-state index in [1.54, 1.807) is 12.1 Å². The predicted molar refractivity (Wildman–Crippen MR) is 77.5 cm³/mol. The van der Waals surface area contributed by atoms with Gasteiger partial charge >= 0.3 is 0 Å². The van der Waals surface area contributed by atoms with E-state index in [1.165, 1.54) is 6.07 Å². The van der Waals surface area contributed by atoms with Crippen LogP contribution in [0.1, 0.15) is 25.3 Å². The molecule has 1 aromatic carbocycles. The second-order valence-corrected chi connectivity index (χ2v) is 5.59. The summed E-state index contributed by atoms with van der Waals surface area (Å²) in [5.41, 5.74) is 6.44. The first kappa shape index (κ1) is 15.7. The van der Waals surface area contributed by atoms with Crippen molar-refractivity contribution < 1.29 is 13.9 Å². The summed E-state index contributed by atoms with van der Waals surface area (Å²) < 4.78 is 25.1. The predicted octanol–water partition coefficient (Wildman–Crippen LogP) is 2.93. The van der Waals surface area contributed by atoms with E-state index in [0.717, 1.165) is 12.8 Å². The third-order valence-electron chi connectivity index (χ3n) is 3.89. The molecule has 0 spiro atoms. The van der Waals surface area contributed by atoms with Gasteiger partial charge in [0, 0.05) is 43.7 Å². The highest BCUT2D eigenvalue weighted by atomic mass is 35.5. The summed E-state index contributed by atoms with van der Waals surface area (Å²) in [4.78, 5) is 0.